The molecule has 3 nitrogen and oxygen atoms in total. The molecular formula is C9H7BrClN3. The van der Waals surface area contributed by atoms with Gasteiger partial charge in [0.05, 0.1) is 10.7 Å². The largest absolute Gasteiger partial charge is 0.382 e. The highest BCUT2D eigenvalue weighted by molar-refractivity contribution is 9.10. The van der Waals surface area contributed by atoms with E-state index < -0.39 is 0 Å². The van der Waals surface area contributed by atoms with Gasteiger partial charge >= 0.3 is 0 Å². The van der Waals surface area contributed by atoms with Crippen molar-refractivity contribution in [2.75, 3.05) is 5.73 Å². The fourth-order valence-corrected chi connectivity index (χ4v) is 1.78. The topological polar surface area (TPSA) is 54.7 Å². The minimum Gasteiger partial charge on any atom is -0.382 e. The van der Waals surface area contributed by atoms with Gasteiger partial charge in [0.1, 0.15) is 5.82 Å². The zero-order valence-electron chi connectivity index (χ0n) is 7.09. The summed E-state index contributed by atoms with van der Waals surface area (Å²) in [6, 6.07) is 7.43. The molecule has 2 rings (SSSR count). The Kier molecular flexibility index (Phi) is 2.48. The van der Waals surface area contributed by atoms with Crippen LogP contribution in [0.1, 0.15) is 0 Å². The van der Waals surface area contributed by atoms with Crippen LogP contribution in [0, 0.1) is 0 Å². The van der Waals surface area contributed by atoms with Crippen molar-refractivity contribution >= 4 is 33.3 Å². The Bertz CT molecular complexity index is 467. The molecule has 0 saturated heterocycles. The molecule has 0 fully saturated rings. The lowest BCUT2D eigenvalue weighted by atomic mass is 10.1. The number of nitrogens with one attached hydrogen (secondary N) is 1. The first-order valence-electron chi connectivity index (χ1n) is 3.94. The Morgan fingerprint density at radius 3 is 2.86 bits per heavy atom. The Hall–Kier alpha value is -1.00. The normalized spacial score (nSPS) is 10.4. The molecule has 0 aliphatic heterocycles. The summed E-state index contributed by atoms with van der Waals surface area (Å²) in [7, 11) is 0. The zero-order chi connectivity index (χ0) is 10.1. The Labute approximate surface area is 94.4 Å². The molecule has 0 aliphatic rings. The lowest BCUT2D eigenvalue weighted by molar-refractivity contribution is 1.10. The van der Waals surface area contributed by atoms with Gasteiger partial charge in [0.15, 0.2) is 0 Å². The highest BCUT2D eigenvalue weighted by Gasteiger charge is 2.08. The molecule has 2 aromatic rings. The van der Waals surface area contributed by atoms with Gasteiger partial charge in [-0.05, 0) is 22.0 Å². The number of aromatic amines is 1. The quantitative estimate of drug-likeness (QED) is 0.838. The first-order chi connectivity index (χ1) is 6.68. The fraction of sp³-hybridized carbons (Fsp3) is 0. The third kappa shape index (κ3) is 1.63. The number of aromatic nitrogens is 2. The van der Waals surface area contributed by atoms with Gasteiger partial charge in [0, 0.05) is 16.1 Å². The third-order valence-corrected chi connectivity index (χ3v) is 3.14. The number of rotatable bonds is 1. The van der Waals surface area contributed by atoms with E-state index in [0.29, 0.717) is 10.8 Å². The summed E-state index contributed by atoms with van der Waals surface area (Å²) in [6.07, 6.45) is 0. The summed E-state index contributed by atoms with van der Waals surface area (Å²) in [5.41, 5.74) is 7.20. The smallest absolute Gasteiger partial charge is 0.145 e. The summed E-state index contributed by atoms with van der Waals surface area (Å²) < 4.78 is 0.852. The summed E-state index contributed by atoms with van der Waals surface area (Å²) in [6.45, 7) is 0. The van der Waals surface area contributed by atoms with E-state index in [2.05, 4.69) is 26.1 Å². The van der Waals surface area contributed by atoms with Gasteiger partial charge in [-0.15, -0.1) is 0 Å². The van der Waals surface area contributed by atoms with Crippen LogP contribution in [0.3, 0.4) is 0 Å². The molecule has 14 heavy (non-hydrogen) atoms. The van der Waals surface area contributed by atoms with Gasteiger partial charge in [-0.3, -0.25) is 5.10 Å². The summed E-state index contributed by atoms with van der Waals surface area (Å²) in [5.74, 6) is 0.455. The molecule has 1 aromatic heterocycles. The van der Waals surface area contributed by atoms with E-state index in [-0.39, 0.29) is 0 Å². The van der Waals surface area contributed by atoms with Crippen LogP contribution in [0.15, 0.2) is 28.7 Å². The number of halogens is 2. The van der Waals surface area contributed by atoms with Gasteiger partial charge in [0.2, 0.25) is 0 Å². The first kappa shape index (κ1) is 9.55. The second-order valence-corrected chi connectivity index (χ2v) is 4.04. The number of benzene rings is 1. The Morgan fingerprint density at radius 1 is 1.43 bits per heavy atom. The van der Waals surface area contributed by atoms with Crippen LogP contribution in [0.4, 0.5) is 5.82 Å². The lowest BCUT2D eigenvalue weighted by Gasteiger charge is -2.02. The summed E-state index contributed by atoms with van der Waals surface area (Å²) >= 11 is 9.45. The number of nitrogens with two attached hydrogens (primary N) is 1. The second kappa shape index (κ2) is 3.63. The molecule has 1 aromatic carbocycles. The number of hydrogen-bond donors (Lipinski definition) is 2. The predicted molar refractivity (Wildman–Crippen MR) is 61.1 cm³/mol. The van der Waals surface area contributed by atoms with Crippen LogP contribution in [-0.4, -0.2) is 10.2 Å². The Morgan fingerprint density at radius 2 is 2.21 bits per heavy atom. The van der Waals surface area contributed by atoms with Gasteiger partial charge < -0.3 is 5.73 Å². The van der Waals surface area contributed by atoms with Crippen molar-refractivity contribution in [3.63, 3.8) is 0 Å². The molecule has 0 unspecified atom stereocenters. The SMILES string of the molecule is Nc1cc(-c2cccc(Br)c2Cl)[nH]n1. The van der Waals surface area contributed by atoms with E-state index in [9.17, 15) is 0 Å². The molecule has 72 valence electrons. The first-order valence-corrected chi connectivity index (χ1v) is 5.11. The molecule has 0 spiro atoms. The average molecular weight is 273 g/mol. The van der Waals surface area contributed by atoms with Gasteiger partial charge in [0.25, 0.3) is 0 Å². The maximum atomic E-state index is 6.10. The van der Waals surface area contributed by atoms with Crippen molar-refractivity contribution in [3.8, 4) is 11.3 Å². The number of nitrogens with zero attached hydrogens (tertiary/aromatic N) is 1. The standard InChI is InChI=1S/C9H7BrClN3/c10-6-3-1-2-5(9(6)11)7-4-8(12)14-13-7/h1-4H,(H3,12,13,14). The molecule has 1 heterocycles. The molecule has 0 amide bonds. The monoisotopic (exact) mass is 271 g/mol. The van der Waals surface area contributed by atoms with Crippen LogP contribution < -0.4 is 5.73 Å². The number of hydrogen-bond acceptors (Lipinski definition) is 2. The maximum Gasteiger partial charge on any atom is 0.145 e. The third-order valence-electron chi connectivity index (χ3n) is 1.84. The molecule has 0 aliphatic carbocycles. The zero-order valence-corrected chi connectivity index (χ0v) is 9.43. The van der Waals surface area contributed by atoms with Crippen molar-refractivity contribution < 1.29 is 0 Å². The van der Waals surface area contributed by atoms with Crippen molar-refractivity contribution in [2.45, 2.75) is 0 Å². The summed E-state index contributed by atoms with van der Waals surface area (Å²) in [5, 5.41) is 7.30. The van der Waals surface area contributed by atoms with Crippen LogP contribution in [0.2, 0.25) is 5.02 Å². The predicted octanol–water partition coefficient (Wildman–Crippen LogP) is 3.07. The average Bonchev–Trinajstić information content (AvgIpc) is 2.57. The minimum atomic E-state index is 0.455. The van der Waals surface area contributed by atoms with Gasteiger partial charge in [-0.25, -0.2) is 0 Å². The lowest BCUT2D eigenvalue weighted by Crippen LogP contribution is -1.81. The van der Waals surface area contributed by atoms with Crippen molar-refractivity contribution in [2.24, 2.45) is 0 Å². The van der Waals surface area contributed by atoms with Crippen molar-refractivity contribution in [1.82, 2.24) is 10.2 Å². The van der Waals surface area contributed by atoms with Gasteiger partial charge in [-0.2, -0.15) is 5.10 Å². The van der Waals surface area contributed by atoms with Gasteiger partial charge in [-0.1, -0.05) is 23.7 Å². The molecule has 0 atom stereocenters. The molecule has 0 bridgehead atoms. The van der Waals surface area contributed by atoms with E-state index in [1.165, 1.54) is 0 Å². The van der Waals surface area contributed by atoms with Crippen molar-refractivity contribution in [1.29, 1.82) is 0 Å². The molecule has 3 N–H and O–H groups in total. The minimum absolute atomic E-state index is 0.455. The number of H-pyrrole nitrogens is 1. The Balaban J connectivity index is 2.57. The highest BCUT2D eigenvalue weighted by atomic mass is 79.9. The van der Waals surface area contributed by atoms with E-state index in [1.807, 2.05) is 18.2 Å². The fourth-order valence-electron chi connectivity index (χ4n) is 1.19. The maximum absolute atomic E-state index is 6.10. The number of anilines is 1. The van der Waals surface area contributed by atoms with Crippen LogP contribution in [-0.2, 0) is 0 Å². The second-order valence-electron chi connectivity index (χ2n) is 2.81. The van der Waals surface area contributed by atoms with E-state index >= 15 is 0 Å². The molecule has 5 heteroatoms. The van der Waals surface area contributed by atoms with E-state index in [4.69, 9.17) is 17.3 Å². The molecular weight excluding hydrogens is 265 g/mol. The molecule has 0 radical (unpaired) electrons. The highest BCUT2D eigenvalue weighted by Crippen LogP contribution is 2.32. The number of nitrogen functional groups attached to an aromatic ring is 1. The van der Waals surface area contributed by atoms with Crippen LogP contribution in [0.5, 0.6) is 0 Å². The van der Waals surface area contributed by atoms with Crippen LogP contribution >= 0.6 is 27.5 Å². The molecule has 0 saturated carbocycles. The van der Waals surface area contributed by atoms with Crippen LogP contribution in [0.25, 0.3) is 11.3 Å². The van der Waals surface area contributed by atoms with Crippen molar-refractivity contribution in [3.05, 3.63) is 33.8 Å². The summed E-state index contributed by atoms with van der Waals surface area (Å²) in [4.78, 5) is 0. The van der Waals surface area contributed by atoms with E-state index in [0.717, 1.165) is 15.7 Å². The van der Waals surface area contributed by atoms with E-state index in [1.54, 1.807) is 6.07 Å².